The smallest absolute Gasteiger partial charge is 0.568 e. The number of fused-ring (bicyclic) bond motifs is 2. The van der Waals surface area contributed by atoms with Crippen molar-refractivity contribution >= 4 is 48.2 Å². The minimum absolute atomic E-state index is 0.0106. The monoisotopic (exact) mass is 975 g/mol. The Morgan fingerprint density at radius 2 is 0.800 bits per heavy atom. The van der Waals surface area contributed by atoms with Crippen molar-refractivity contribution in [2.24, 2.45) is 9.98 Å². The van der Waals surface area contributed by atoms with Gasteiger partial charge in [0.1, 0.15) is 11.5 Å². The van der Waals surface area contributed by atoms with E-state index in [1.54, 1.807) is 0 Å². The molecule has 5 rings (SSSR count). The summed E-state index contributed by atoms with van der Waals surface area (Å²) < 4.78 is 64.4. The highest BCUT2D eigenvalue weighted by Gasteiger charge is 2.55. The summed E-state index contributed by atoms with van der Waals surface area (Å²) in [6.07, 6.45) is 25.1. The van der Waals surface area contributed by atoms with Crippen molar-refractivity contribution in [3.63, 3.8) is 0 Å². The van der Waals surface area contributed by atoms with E-state index in [-0.39, 0.29) is 84.7 Å². The van der Waals surface area contributed by atoms with Crippen molar-refractivity contribution < 1.29 is 55.8 Å². The molecule has 0 aliphatic carbocycles. The average Bonchev–Trinajstić information content (AvgIpc) is 3.97. The second-order valence-corrected chi connectivity index (χ2v) is 18.7. The molecule has 2 aromatic carbocycles. The summed E-state index contributed by atoms with van der Waals surface area (Å²) in [5, 5.41) is 0. The van der Waals surface area contributed by atoms with E-state index >= 15 is 8.63 Å². The first-order valence-electron chi connectivity index (χ1n) is 26.6. The zero-order valence-electron chi connectivity index (χ0n) is 42.4. The van der Waals surface area contributed by atoms with Crippen LogP contribution in [0.1, 0.15) is 245 Å². The van der Waals surface area contributed by atoms with E-state index in [1.165, 1.54) is 30.3 Å². The highest BCUT2D eigenvalue weighted by molar-refractivity contribution is 6.58. The number of carbonyl (C=O) groups is 4. The van der Waals surface area contributed by atoms with E-state index in [4.69, 9.17) is 27.9 Å². The Morgan fingerprint density at radius 3 is 1.17 bits per heavy atom. The second kappa shape index (κ2) is 29.9. The number of ether oxygens (including phenoxy) is 4. The van der Waals surface area contributed by atoms with Crippen molar-refractivity contribution in [1.29, 1.82) is 0 Å². The molecule has 2 aromatic rings. The van der Waals surface area contributed by atoms with Gasteiger partial charge in [-0.15, -0.1) is 0 Å². The predicted octanol–water partition coefficient (Wildman–Crippen LogP) is 13.5. The maximum absolute atomic E-state index is 15.7. The van der Waals surface area contributed by atoms with Crippen molar-refractivity contribution in [3.05, 3.63) is 80.6 Å². The molecule has 0 spiro atoms. The number of halogens is 2. The van der Waals surface area contributed by atoms with Crippen LogP contribution in [0.2, 0.25) is 0 Å². The molecule has 0 bridgehead atoms. The number of allylic oxidation sites excluding steroid dienone is 2. The Labute approximate surface area is 414 Å². The van der Waals surface area contributed by atoms with Crippen LogP contribution in [0.4, 0.5) is 8.63 Å². The van der Waals surface area contributed by atoms with Gasteiger partial charge < -0.3 is 36.6 Å². The van der Waals surface area contributed by atoms with E-state index < -0.39 is 31.0 Å². The summed E-state index contributed by atoms with van der Waals surface area (Å²) in [5.74, 6) is -3.50. The van der Waals surface area contributed by atoms with Crippen LogP contribution in [0.3, 0.4) is 0 Å². The van der Waals surface area contributed by atoms with Gasteiger partial charge in [-0.3, -0.25) is 9.98 Å². The Balaban J connectivity index is 1.40. The summed E-state index contributed by atoms with van der Waals surface area (Å²) in [7, 11) is -4.98. The third kappa shape index (κ3) is 17.0. The van der Waals surface area contributed by atoms with Gasteiger partial charge in [-0.1, -0.05) is 156 Å². The number of carbonyl (C=O) groups excluding carboxylic acids is 5. The molecular formula is C55H77BF2N2O10. The summed E-state index contributed by atoms with van der Waals surface area (Å²) >= 11 is 0. The topological polar surface area (TPSA) is 150 Å². The zero-order valence-corrected chi connectivity index (χ0v) is 42.4. The second-order valence-electron chi connectivity index (χ2n) is 18.7. The predicted molar refractivity (Wildman–Crippen MR) is 270 cm³/mol. The Hall–Kier alpha value is -5.21. The maximum atomic E-state index is 15.7. The Bertz CT molecular complexity index is 2200. The molecule has 0 saturated carbocycles. The van der Waals surface area contributed by atoms with Crippen LogP contribution in [0.15, 0.2) is 46.1 Å². The van der Waals surface area contributed by atoms with Crippen molar-refractivity contribution in [1.82, 2.24) is 0 Å². The first-order valence-corrected chi connectivity index (χ1v) is 26.6. The van der Waals surface area contributed by atoms with Gasteiger partial charge >= 0.3 is 36.8 Å². The van der Waals surface area contributed by atoms with Crippen LogP contribution >= 0.6 is 0 Å². The summed E-state index contributed by atoms with van der Waals surface area (Å²) in [4.78, 5) is 63.8. The lowest BCUT2D eigenvalue weighted by Crippen LogP contribution is -2.38. The molecule has 0 radical (unpaired) electrons. The van der Waals surface area contributed by atoms with E-state index in [2.05, 4.69) is 37.7 Å². The van der Waals surface area contributed by atoms with Crippen LogP contribution in [0.25, 0.3) is 0 Å². The summed E-state index contributed by atoms with van der Waals surface area (Å²) in [6, 6.07) is 5.92. The first kappa shape index (κ1) is 55.7. The largest absolute Gasteiger partial charge is 0.995 e. The Kier molecular flexibility index (Phi) is 23.8. The highest BCUT2D eigenvalue weighted by Crippen LogP contribution is 2.33. The summed E-state index contributed by atoms with van der Waals surface area (Å²) in [6.45, 7) is 9.28. The number of ketones is 1. The number of aliphatic imine (C=N–C) groups is 2. The molecule has 3 aliphatic heterocycles. The van der Waals surface area contributed by atoms with Gasteiger partial charge in [0, 0.05) is 11.1 Å². The molecule has 0 aromatic heterocycles. The van der Waals surface area contributed by atoms with Crippen LogP contribution in [-0.4, -0.2) is 74.6 Å². The molecule has 3 heterocycles. The van der Waals surface area contributed by atoms with Crippen LogP contribution in [0, 0.1) is 0 Å². The molecule has 3 aliphatic rings. The van der Waals surface area contributed by atoms with Crippen molar-refractivity contribution in [2.45, 2.75) is 195 Å². The molecule has 0 amide bonds. The molecule has 15 heteroatoms. The maximum Gasteiger partial charge on any atom is 0.995 e. The zero-order chi connectivity index (χ0) is 50.1. The lowest BCUT2D eigenvalue weighted by molar-refractivity contribution is -0.361. The molecule has 0 fully saturated rings. The lowest BCUT2D eigenvalue weighted by atomic mass is 9.93. The van der Waals surface area contributed by atoms with E-state index in [0.29, 0.717) is 47.9 Å². The minimum Gasteiger partial charge on any atom is -0.568 e. The normalized spacial score (nSPS) is 14.4. The van der Waals surface area contributed by atoms with Crippen molar-refractivity contribution in [2.75, 3.05) is 26.4 Å². The molecule has 70 heavy (non-hydrogen) atoms. The van der Waals surface area contributed by atoms with Gasteiger partial charge in [-0.2, -0.15) is 0 Å². The fourth-order valence-corrected chi connectivity index (χ4v) is 8.84. The van der Waals surface area contributed by atoms with Gasteiger partial charge in [-0.25, -0.2) is 19.2 Å². The number of hydrogen-bond acceptors (Lipinski definition) is 11. The molecule has 0 atom stereocenters. The first-order chi connectivity index (χ1) is 34.0. The number of rotatable bonds is 34. The third-order valence-electron chi connectivity index (χ3n) is 12.9. The number of nitrogens with zero attached hydrogens (tertiary/aromatic N) is 2. The summed E-state index contributed by atoms with van der Waals surface area (Å²) in [5.41, 5.74) is 1.59. The Morgan fingerprint density at radius 1 is 0.486 bits per heavy atom. The third-order valence-corrected chi connectivity index (χ3v) is 12.9. The van der Waals surface area contributed by atoms with Gasteiger partial charge in [0.2, 0.25) is 0 Å². The lowest BCUT2D eigenvalue weighted by Gasteiger charge is -2.21. The molecule has 384 valence electrons. The molecule has 12 nitrogen and oxygen atoms in total. The average molecular weight is 975 g/mol. The van der Waals surface area contributed by atoms with Crippen molar-refractivity contribution in [3.8, 4) is 0 Å². The SMILES string of the molecule is CCCCCCCCOC(=O)c1cc2c(cc1C(=O)OCCCCCCCC)C(C1=CC(C3=NCc4cc(C(=O)OCCCCCCCC)c(C(=O)OCCCCCCCC)cc43)=[O+][B-](F)(F)O1)=NC2. The van der Waals surface area contributed by atoms with E-state index in [1.807, 2.05) is 0 Å². The standard InChI is InChI=1S/C55H77BF2N2O10/c1-5-9-13-17-21-25-29-65-52(61)44-33-40-38-59-50(42(40)35-46(44)54(63)67-31-27-23-19-15-11-7-3)48-37-49(70-56(57,58)69-48)51-43-36-47(55(64)68-32-28-24-20-16-12-8-4)45(34-41(43)39-60-51)53(62)66-30-26-22-18-14-10-6-2/h33-37H,5-32,38-39H2,1-4H3. The highest BCUT2D eigenvalue weighted by atomic mass is 19.3. The molecule has 0 unspecified atom stereocenters. The van der Waals surface area contributed by atoms with Crippen LogP contribution < -0.4 is 0 Å². The van der Waals surface area contributed by atoms with Crippen LogP contribution in [-0.2, 0) is 41.0 Å². The molecule has 0 saturated heterocycles. The van der Waals surface area contributed by atoms with Gasteiger partial charge in [0.05, 0.1) is 67.8 Å². The quantitative estimate of drug-likeness (QED) is 0.0219. The molecular weight excluding hydrogens is 897 g/mol. The van der Waals surface area contributed by atoms with E-state index in [9.17, 15) is 19.2 Å². The van der Waals surface area contributed by atoms with Gasteiger partial charge in [0.25, 0.3) is 0 Å². The van der Waals surface area contributed by atoms with Gasteiger partial charge in [0.15, 0.2) is 5.71 Å². The molecule has 0 N–H and O–H groups in total. The number of unbranched alkanes of at least 4 members (excludes halogenated alkanes) is 20. The van der Waals surface area contributed by atoms with E-state index in [0.717, 1.165) is 128 Å². The van der Waals surface area contributed by atoms with Gasteiger partial charge in [-0.05, 0) is 61.1 Å². The fourth-order valence-electron chi connectivity index (χ4n) is 8.84. The fraction of sp³-hybridized carbons (Fsp3) is 0.618. The van der Waals surface area contributed by atoms with Crippen LogP contribution in [0.5, 0.6) is 0 Å². The number of benzene rings is 2. The minimum atomic E-state index is -4.98. The number of hydrogen-bond donors (Lipinski definition) is 0. The number of esters is 4.